The quantitative estimate of drug-likeness (QED) is 0.755. The molecule has 2 fully saturated rings. The molecule has 0 unspecified atom stereocenters. The molecule has 4 rings (SSSR count). The van der Waals surface area contributed by atoms with Gasteiger partial charge in [-0.1, -0.05) is 0 Å². The van der Waals surface area contributed by atoms with Gasteiger partial charge in [0.05, 0.1) is 7.11 Å². The highest BCUT2D eigenvalue weighted by Gasteiger charge is 2.36. The van der Waals surface area contributed by atoms with Crippen LogP contribution in [0.2, 0.25) is 0 Å². The van der Waals surface area contributed by atoms with Gasteiger partial charge in [0.25, 0.3) is 10.0 Å². The number of carbonyl (C=O) groups is 1. The van der Waals surface area contributed by atoms with Crippen molar-refractivity contribution in [3.05, 3.63) is 35.4 Å². The number of hydrogen-bond donors (Lipinski definition) is 0. The van der Waals surface area contributed by atoms with E-state index >= 15 is 0 Å². The van der Waals surface area contributed by atoms with E-state index < -0.39 is 10.0 Å². The number of benzene rings is 1. The van der Waals surface area contributed by atoms with Crippen LogP contribution in [0.25, 0.3) is 4.91 Å². The van der Waals surface area contributed by atoms with Gasteiger partial charge in [0.2, 0.25) is 5.91 Å². The third kappa shape index (κ3) is 3.77. The second-order valence-corrected chi connectivity index (χ2v) is 9.41. The predicted octanol–water partition coefficient (Wildman–Crippen LogP) is 2.50. The number of methoxy groups -OCH3 is 1. The van der Waals surface area contributed by atoms with Crippen LogP contribution in [-0.4, -0.2) is 63.2 Å². The van der Waals surface area contributed by atoms with Gasteiger partial charge in [0.15, 0.2) is 0 Å². The molecule has 3 heterocycles. The Kier molecular flexibility index (Phi) is 5.38. The van der Waals surface area contributed by atoms with Crippen LogP contribution in [0.1, 0.15) is 38.2 Å². The third-order valence-electron chi connectivity index (χ3n) is 6.05. The molecule has 0 N–H and O–H groups in total. The lowest BCUT2D eigenvalue weighted by atomic mass is 9.94. The Bertz CT molecular complexity index is 952. The topological polar surface area (TPSA) is 79.3 Å². The van der Waals surface area contributed by atoms with E-state index in [2.05, 4.69) is 4.40 Å². The number of carbonyl (C=O) groups excluding carboxylic acids is 1. The molecular weight excluding hydrogens is 390 g/mol. The van der Waals surface area contributed by atoms with Crippen molar-refractivity contribution in [2.45, 2.75) is 32.6 Å². The van der Waals surface area contributed by atoms with Crippen LogP contribution in [0.4, 0.5) is 0 Å². The molecule has 1 amide bonds. The fourth-order valence-electron chi connectivity index (χ4n) is 4.46. The van der Waals surface area contributed by atoms with E-state index in [1.807, 2.05) is 16.7 Å². The fraction of sp³-hybridized carbons (Fsp3) is 0.524. The summed E-state index contributed by atoms with van der Waals surface area (Å²) in [5.74, 6) is 1.48. The molecule has 156 valence electrons. The molecule has 3 aliphatic rings. The van der Waals surface area contributed by atoms with Crippen LogP contribution < -0.4 is 4.74 Å². The summed E-state index contributed by atoms with van der Waals surface area (Å²) in [6.45, 7) is 4.84. The van der Waals surface area contributed by atoms with E-state index in [0.717, 1.165) is 38.8 Å². The van der Waals surface area contributed by atoms with Crippen LogP contribution >= 0.6 is 0 Å². The maximum absolute atomic E-state index is 12.8. The van der Waals surface area contributed by atoms with Crippen LogP contribution in [0.5, 0.6) is 5.75 Å². The number of rotatable bonds is 3. The molecule has 1 aromatic rings. The summed E-state index contributed by atoms with van der Waals surface area (Å²) in [5, 5.41) is 0. The lowest BCUT2D eigenvalue weighted by Crippen LogP contribution is -2.43. The van der Waals surface area contributed by atoms with Crippen molar-refractivity contribution < 1.29 is 17.9 Å². The lowest BCUT2D eigenvalue weighted by molar-refractivity contribution is -0.135. The van der Waals surface area contributed by atoms with E-state index in [0.29, 0.717) is 35.8 Å². The smallest absolute Gasteiger partial charge is 0.285 e. The molecule has 0 radical (unpaired) electrons. The van der Waals surface area contributed by atoms with Crippen LogP contribution in [0.15, 0.2) is 34.2 Å². The van der Waals surface area contributed by atoms with Gasteiger partial charge >= 0.3 is 0 Å². The molecular formula is C21H27N3O4S. The Hall–Kier alpha value is -2.35. The molecule has 29 heavy (non-hydrogen) atoms. The number of nitrogens with zero attached hydrogens (tertiary/aromatic N) is 3. The minimum atomic E-state index is -3.74. The predicted molar refractivity (Wildman–Crippen MR) is 112 cm³/mol. The van der Waals surface area contributed by atoms with Crippen LogP contribution in [-0.2, 0) is 14.8 Å². The standard InChI is InChI=1S/C21H27N3O4S/c1-15-19(16-5-7-18(28-2)8-6-16)29(26,27)22-20(15)23-13-9-17(10-14-23)21(25)24-11-3-4-12-24/h5-8,17H,3-4,9-14H2,1-2H3. The van der Waals surface area contributed by atoms with E-state index in [-0.39, 0.29) is 16.7 Å². The Balaban J connectivity index is 1.50. The van der Waals surface area contributed by atoms with Crippen molar-refractivity contribution in [2.24, 2.45) is 10.3 Å². The number of hydrogen-bond acceptors (Lipinski definition) is 5. The molecule has 2 saturated heterocycles. The van der Waals surface area contributed by atoms with Gasteiger partial charge in [0.1, 0.15) is 16.5 Å². The average Bonchev–Trinajstić information content (AvgIpc) is 3.34. The van der Waals surface area contributed by atoms with Gasteiger partial charge in [-0.05, 0) is 62.4 Å². The maximum atomic E-state index is 12.8. The Labute approximate surface area is 172 Å². The van der Waals surface area contributed by atoms with E-state index in [4.69, 9.17) is 4.74 Å². The molecule has 0 spiro atoms. The largest absolute Gasteiger partial charge is 0.497 e. The minimum Gasteiger partial charge on any atom is -0.497 e. The van der Waals surface area contributed by atoms with Gasteiger partial charge in [-0.25, -0.2) is 0 Å². The summed E-state index contributed by atoms with van der Waals surface area (Å²) >= 11 is 0. The highest BCUT2D eigenvalue weighted by Crippen LogP contribution is 2.35. The summed E-state index contributed by atoms with van der Waals surface area (Å²) in [4.78, 5) is 16.9. The molecule has 0 bridgehead atoms. The number of piperidine rings is 1. The summed E-state index contributed by atoms with van der Waals surface area (Å²) in [6.07, 6.45) is 3.66. The van der Waals surface area contributed by atoms with E-state index in [9.17, 15) is 13.2 Å². The summed E-state index contributed by atoms with van der Waals surface area (Å²) < 4.78 is 34.8. The first-order chi connectivity index (χ1) is 13.9. The summed E-state index contributed by atoms with van der Waals surface area (Å²) in [5.41, 5.74) is 1.28. The zero-order valence-electron chi connectivity index (χ0n) is 16.9. The summed E-state index contributed by atoms with van der Waals surface area (Å²) in [7, 11) is -2.17. The highest BCUT2D eigenvalue weighted by molar-refractivity contribution is 8.00. The molecule has 0 saturated carbocycles. The van der Waals surface area contributed by atoms with Gasteiger partial charge < -0.3 is 14.5 Å². The SMILES string of the molecule is COc1ccc(C2=C(C)C(N3CCC(C(=O)N4CCCC4)CC3)=NS2(=O)=O)cc1. The van der Waals surface area contributed by atoms with E-state index in [1.54, 1.807) is 31.4 Å². The normalized spacial score (nSPS) is 22.2. The lowest BCUT2D eigenvalue weighted by Gasteiger charge is -2.34. The van der Waals surface area contributed by atoms with Gasteiger partial charge in [0, 0.05) is 37.7 Å². The monoisotopic (exact) mass is 417 g/mol. The molecule has 3 aliphatic heterocycles. The molecule has 0 aliphatic carbocycles. The summed E-state index contributed by atoms with van der Waals surface area (Å²) in [6, 6.07) is 6.99. The molecule has 7 nitrogen and oxygen atoms in total. The van der Waals surface area contributed by atoms with Gasteiger partial charge in [-0.3, -0.25) is 4.79 Å². The number of sulfonamides is 1. The van der Waals surface area contributed by atoms with Crippen molar-refractivity contribution in [3.63, 3.8) is 0 Å². The van der Waals surface area contributed by atoms with Gasteiger partial charge in [-0.2, -0.15) is 8.42 Å². The molecule has 0 atom stereocenters. The van der Waals surface area contributed by atoms with Crippen molar-refractivity contribution in [2.75, 3.05) is 33.3 Å². The van der Waals surface area contributed by atoms with Crippen molar-refractivity contribution in [1.29, 1.82) is 0 Å². The number of amides is 1. The van der Waals surface area contributed by atoms with Crippen LogP contribution in [0, 0.1) is 5.92 Å². The molecule has 0 aromatic heterocycles. The van der Waals surface area contributed by atoms with Gasteiger partial charge in [-0.15, -0.1) is 4.40 Å². The number of likely N-dealkylation sites (tertiary alicyclic amines) is 2. The second kappa shape index (κ2) is 7.82. The number of ether oxygens (including phenoxy) is 1. The zero-order chi connectivity index (χ0) is 20.6. The first-order valence-corrected chi connectivity index (χ1v) is 11.6. The van der Waals surface area contributed by atoms with Crippen LogP contribution in [0.3, 0.4) is 0 Å². The minimum absolute atomic E-state index is 0.0355. The van der Waals surface area contributed by atoms with Crippen molar-refractivity contribution in [1.82, 2.24) is 9.80 Å². The molecule has 8 heteroatoms. The zero-order valence-corrected chi connectivity index (χ0v) is 17.7. The Morgan fingerprint density at radius 1 is 1.07 bits per heavy atom. The maximum Gasteiger partial charge on any atom is 0.285 e. The highest BCUT2D eigenvalue weighted by atomic mass is 32.2. The molecule has 1 aromatic carbocycles. The first kappa shape index (κ1) is 19.9. The Morgan fingerprint density at radius 2 is 1.69 bits per heavy atom. The average molecular weight is 418 g/mol. The second-order valence-electron chi connectivity index (χ2n) is 7.87. The third-order valence-corrected chi connectivity index (χ3v) is 7.53. The first-order valence-electron chi connectivity index (χ1n) is 10.1. The van der Waals surface area contributed by atoms with Crippen molar-refractivity contribution in [3.8, 4) is 5.75 Å². The number of amidine groups is 1. The fourth-order valence-corrected chi connectivity index (χ4v) is 5.94. The Morgan fingerprint density at radius 3 is 2.28 bits per heavy atom. The van der Waals surface area contributed by atoms with E-state index in [1.165, 1.54) is 0 Å². The van der Waals surface area contributed by atoms with Crippen molar-refractivity contribution >= 4 is 26.7 Å².